The number of carbonyl (C=O) groups excluding carboxylic acids is 3. The smallest absolute Gasteiger partial charge is 0.328 e. The van der Waals surface area contributed by atoms with E-state index in [4.69, 9.17) is 4.74 Å². The molecule has 0 saturated carbocycles. The van der Waals surface area contributed by atoms with Gasteiger partial charge in [-0.3, -0.25) is 9.59 Å². The van der Waals surface area contributed by atoms with Crippen molar-refractivity contribution in [3.05, 3.63) is 35.5 Å². The summed E-state index contributed by atoms with van der Waals surface area (Å²) in [5, 5.41) is 3.92. The Morgan fingerprint density at radius 3 is 2.93 bits per heavy atom. The topological polar surface area (TPSA) is 94.7 Å². The van der Waals surface area contributed by atoms with E-state index in [0.717, 1.165) is 39.9 Å². The highest BCUT2D eigenvalue weighted by Crippen LogP contribution is 2.44. The summed E-state index contributed by atoms with van der Waals surface area (Å²) >= 11 is 0. The summed E-state index contributed by atoms with van der Waals surface area (Å²) in [7, 11) is 0. The lowest BCUT2D eigenvalue weighted by Gasteiger charge is -2.36. The fourth-order valence-corrected chi connectivity index (χ4v) is 5.04. The van der Waals surface area contributed by atoms with E-state index in [1.165, 1.54) is 0 Å². The summed E-state index contributed by atoms with van der Waals surface area (Å²) in [6.07, 6.45) is 2.57. The molecule has 3 aliphatic rings. The third-order valence-corrected chi connectivity index (χ3v) is 6.79. The zero-order valence-electron chi connectivity index (χ0n) is 17.2. The number of benzene rings is 1. The van der Waals surface area contributed by atoms with E-state index in [-0.39, 0.29) is 17.9 Å². The fourth-order valence-electron chi connectivity index (χ4n) is 5.04. The van der Waals surface area contributed by atoms with Crippen molar-refractivity contribution in [3.63, 3.8) is 0 Å². The molecule has 1 aromatic carbocycles. The number of nitrogens with one attached hydrogen (secondary N) is 2. The van der Waals surface area contributed by atoms with Crippen LogP contribution in [0.3, 0.4) is 0 Å². The number of urea groups is 1. The Kier molecular flexibility index (Phi) is 4.36. The van der Waals surface area contributed by atoms with Crippen LogP contribution in [0.25, 0.3) is 10.9 Å². The highest BCUT2D eigenvalue weighted by molar-refractivity contribution is 6.10. The first-order valence-electron chi connectivity index (χ1n) is 10.6. The second-order valence-corrected chi connectivity index (χ2v) is 8.51. The van der Waals surface area contributed by atoms with Gasteiger partial charge in [-0.05, 0) is 44.7 Å². The Labute approximate surface area is 174 Å². The van der Waals surface area contributed by atoms with Gasteiger partial charge in [-0.2, -0.15) is 0 Å². The van der Waals surface area contributed by atoms with Gasteiger partial charge in [0.2, 0.25) is 5.91 Å². The lowest BCUT2D eigenvalue weighted by Crippen LogP contribution is -2.50. The van der Waals surface area contributed by atoms with Crippen LogP contribution in [0.4, 0.5) is 4.79 Å². The molecule has 158 valence electrons. The van der Waals surface area contributed by atoms with Crippen LogP contribution in [0, 0.1) is 0 Å². The van der Waals surface area contributed by atoms with E-state index in [0.29, 0.717) is 26.1 Å². The molecule has 2 saturated heterocycles. The zero-order chi connectivity index (χ0) is 21.0. The van der Waals surface area contributed by atoms with Gasteiger partial charge < -0.3 is 19.9 Å². The molecule has 3 atom stereocenters. The molecule has 1 aromatic heterocycles. The highest BCUT2D eigenvalue weighted by atomic mass is 16.5. The van der Waals surface area contributed by atoms with Crippen LogP contribution < -0.4 is 5.32 Å². The number of H-pyrrole nitrogens is 1. The fraction of sp³-hybridized carbons (Fsp3) is 0.500. The van der Waals surface area contributed by atoms with Gasteiger partial charge in [-0.15, -0.1) is 0 Å². The Morgan fingerprint density at radius 1 is 1.37 bits per heavy atom. The van der Waals surface area contributed by atoms with Gasteiger partial charge in [0, 0.05) is 30.6 Å². The molecule has 5 rings (SSSR count). The molecule has 0 radical (unpaired) electrons. The normalized spacial score (nSPS) is 26.8. The molecule has 3 aliphatic heterocycles. The summed E-state index contributed by atoms with van der Waals surface area (Å²) in [5.74, 6) is -0.702. The van der Waals surface area contributed by atoms with Crippen molar-refractivity contribution in [2.75, 3.05) is 19.7 Å². The maximum atomic E-state index is 13.6. The van der Waals surface area contributed by atoms with E-state index in [2.05, 4.69) is 10.3 Å². The minimum atomic E-state index is -1.13. The summed E-state index contributed by atoms with van der Waals surface area (Å²) in [5.41, 5.74) is 1.64. The number of hydrogen-bond donors (Lipinski definition) is 2. The molecule has 2 aromatic rings. The molecule has 8 nitrogen and oxygen atoms in total. The summed E-state index contributed by atoms with van der Waals surface area (Å²) < 4.78 is 5.54. The predicted octanol–water partition coefficient (Wildman–Crippen LogP) is 1.89. The number of hydrogen-bond acceptors (Lipinski definition) is 4. The number of fused-ring (bicyclic) bond motifs is 5. The molecule has 0 bridgehead atoms. The first-order valence-corrected chi connectivity index (χ1v) is 10.6. The quantitative estimate of drug-likeness (QED) is 0.753. The Balaban J connectivity index is 1.43. The minimum Gasteiger partial charge on any atom is -0.376 e. The number of rotatable bonds is 4. The van der Waals surface area contributed by atoms with Gasteiger partial charge in [-0.25, -0.2) is 9.69 Å². The van der Waals surface area contributed by atoms with Crippen LogP contribution >= 0.6 is 0 Å². The molecule has 0 aliphatic carbocycles. The van der Waals surface area contributed by atoms with Crippen LogP contribution in [0.5, 0.6) is 0 Å². The summed E-state index contributed by atoms with van der Waals surface area (Å²) in [4.78, 5) is 45.6. The van der Waals surface area contributed by atoms with Gasteiger partial charge in [0.15, 0.2) is 5.54 Å². The average Bonchev–Trinajstić information content (AvgIpc) is 3.44. The molecular weight excluding hydrogens is 384 g/mol. The first kappa shape index (κ1) is 19.1. The number of nitrogens with zero attached hydrogens (tertiary/aromatic N) is 2. The standard InChI is InChI=1S/C22H26N4O4/c1-13(19(27)23-12-14-6-5-11-30-14)26-20(28)22(2)18-16(9-10-25(22)21(26)29)15-7-3-4-8-17(15)24-18/h3-4,7-8,13-14,24H,5-6,9-12H2,1-2H3,(H,23,27)/t13-,14+,22+/m0/s1. The van der Waals surface area contributed by atoms with Gasteiger partial charge in [0.25, 0.3) is 5.91 Å². The third kappa shape index (κ3) is 2.59. The summed E-state index contributed by atoms with van der Waals surface area (Å²) in [6, 6.07) is 6.62. The molecular formula is C22H26N4O4. The maximum Gasteiger partial charge on any atom is 0.328 e. The second kappa shape index (κ2) is 6.84. The van der Waals surface area contributed by atoms with Crippen LogP contribution in [-0.2, 0) is 26.3 Å². The van der Waals surface area contributed by atoms with Crippen molar-refractivity contribution in [1.82, 2.24) is 20.1 Å². The van der Waals surface area contributed by atoms with Crippen molar-refractivity contribution < 1.29 is 19.1 Å². The number of para-hydroxylation sites is 1. The van der Waals surface area contributed by atoms with Gasteiger partial charge in [0.05, 0.1) is 11.8 Å². The molecule has 30 heavy (non-hydrogen) atoms. The Bertz CT molecular complexity index is 1040. The second-order valence-electron chi connectivity index (χ2n) is 8.51. The molecule has 8 heteroatoms. The van der Waals surface area contributed by atoms with Crippen molar-refractivity contribution in [3.8, 4) is 0 Å². The van der Waals surface area contributed by atoms with E-state index in [1.54, 1.807) is 18.7 Å². The summed E-state index contributed by atoms with van der Waals surface area (Å²) in [6.45, 7) is 4.93. The minimum absolute atomic E-state index is 0.00360. The lowest BCUT2D eigenvalue weighted by atomic mass is 9.87. The Hall–Kier alpha value is -2.87. The van der Waals surface area contributed by atoms with E-state index < -0.39 is 17.6 Å². The third-order valence-electron chi connectivity index (χ3n) is 6.79. The number of ether oxygens (including phenoxy) is 1. The number of aromatic amines is 1. The average molecular weight is 410 g/mol. The number of amides is 4. The van der Waals surface area contributed by atoms with Crippen molar-refractivity contribution >= 4 is 28.7 Å². The predicted molar refractivity (Wildman–Crippen MR) is 110 cm³/mol. The van der Waals surface area contributed by atoms with Crippen molar-refractivity contribution in [2.45, 2.75) is 50.8 Å². The molecule has 2 fully saturated rings. The van der Waals surface area contributed by atoms with E-state index in [1.807, 2.05) is 24.3 Å². The largest absolute Gasteiger partial charge is 0.376 e. The zero-order valence-corrected chi connectivity index (χ0v) is 17.2. The number of imide groups is 1. The lowest BCUT2D eigenvalue weighted by molar-refractivity contribution is -0.139. The monoisotopic (exact) mass is 410 g/mol. The number of aromatic nitrogens is 1. The molecule has 0 unspecified atom stereocenters. The maximum absolute atomic E-state index is 13.6. The van der Waals surface area contributed by atoms with Gasteiger partial charge >= 0.3 is 6.03 Å². The van der Waals surface area contributed by atoms with Gasteiger partial charge in [-0.1, -0.05) is 18.2 Å². The molecule has 2 N–H and O–H groups in total. The van der Waals surface area contributed by atoms with Crippen LogP contribution in [-0.4, -0.2) is 64.5 Å². The van der Waals surface area contributed by atoms with Gasteiger partial charge in [0.1, 0.15) is 6.04 Å². The molecule has 4 heterocycles. The van der Waals surface area contributed by atoms with Crippen LogP contribution in [0.15, 0.2) is 24.3 Å². The SMILES string of the molecule is C[C@@H](C(=O)NC[C@H]1CCCO1)N1C(=O)N2CCc3c([nH]c4ccccc34)[C@]2(C)C1=O. The van der Waals surface area contributed by atoms with Crippen LogP contribution in [0.1, 0.15) is 37.9 Å². The molecule has 0 spiro atoms. The number of carbonyl (C=O) groups is 3. The molecule has 4 amide bonds. The highest BCUT2D eigenvalue weighted by Gasteiger charge is 2.60. The van der Waals surface area contributed by atoms with Crippen molar-refractivity contribution in [1.29, 1.82) is 0 Å². The first-order chi connectivity index (χ1) is 14.4. The van der Waals surface area contributed by atoms with E-state index in [9.17, 15) is 14.4 Å². The van der Waals surface area contributed by atoms with Crippen molar-refractivity contribution in [2.24, 2.45) is 0 Å². The van der Waals surface area contributed by atoms with Crippen LogP contribution in [0.2, 0.25) is 0 Å². The van der Waals surface area contributed by atoms with E-state index >= 15 is 0 Å². The Morgan fingerprint density at radius 2 is 2.17 bits per heavy atom.